The molecule has 1 aliphatic carbocycles. The van der Waals surface area contributed by atoms with Gasteiger partial charge >= 0.3 is 0 Å². The SMILES string of the molecule is C=CCC=CC1=CC1. The molecule has 0 aromatic rings. The summed E-state index contributed by atoms with van der Waals surface area (Å²) in [5, 5.41) is 0. The number of allylic oxidation sites excluding steroid dienone is 5. The maximum Gasteiger partial charge on any atom is -0.00947 e. The van der Waals surface area contributed by atoms with Crippen LogP contribution in [0.4, 0.5) is 0 Å². The van der Waals surface area contributed by atoms with Gasteiger partial charge in [0.05, 0.1) is 0 Å². The third kappa shape index (κ3) is 1.78. The molecular formula is C8H10. The number of hydrogen-bond donors (Lipinski definition) is 0. The molecule has 1 aliphatic rings. The molecule has 0 heteroatoms. The van der Waals surface area contributed by atoms with Crippen LogP contribution in [-0.4, -0.2) is 0 Å². The highest BCUT2D eigenvalue weighted by Gasteiger charge is 1.99. The highest BCUT2D eigenvalue weighted by molar-refractivity contribution is 5.33. The first kappa shape index (κ1) is 5.36. The van der Waals surface area contributed by atoms with Crippen LogP contribution in [0, 0.1) is 0 Å². The molecular weight excluding hydrogens is 96.1 g/mol. The van der Waals surface area contributed by atoms with Crippen molar-refractivity contribution in [1.29, 1.82) is 0 Å². The van der Waals surface area contributed by atoms with Crippen molar-refractivity contribution in [3.8, 4) is 0 Å². The fourth-order valence-corrected chi connectivity index (χ4v) is 0.511. The lowest BCUT2D eigenvalue weighted by Gasteiger charge is -1.74. The van der Waals surface area contributed by atoms with E-state index >= 15 is 0 Å². The van der Waals surface area contributed by atoms with E-state index in [1.807, 2.05) is 6.08 Å². The molecule has 1 rings (SSSR count). The largest absolute Gasteiger partial charge is 0.103 e. The lowest BCUT2D eigenvalue weighted by molar-refractivity contribution is 1.39. The Kier molecular flexibility index (Phi) is 1.68. The van der Waals surface area contributed by atoms with Crippen LogP contribution >= 0.6 is 0 Å². The standard InChI is InChI=1S/C8H10/c1-2-3-4-5-8-6-7-8/h2,4-6H,1,3,7H2. The highest BCUT2D eigenvalue weighted by Crippen LogP contribution is 2.18. The van der Waals surface area contributed by atoms with Crippen LogP contribution in [0.2, 0.25) is 0 Å². The molecule has 0 spiro atoms. The van der Waals surface area contributed by atoms with E-state index in [4.69, 9.17) is 0 Å². The van der Waals surface area contributed by atoms with Gasteiger partial charge in [0.25, 0.3) is 0 Å². The summed E-state index contributed by atoms with van der Waals surface area (Å²) in [7, 11) is 0. The molecule has 0 N–H and O–H groups in total. The van der Waals surface area contributed by atoms with E-state index in [2.05, 4.69) is 24.8 Å². The van der Waals surface area contributed by atoms with Crippen molar-refractivity contribution in [3.63, 3.8) is 0 Å². The van der Waals surface area contributed by atoms with Crippen LogP contribution in [0.3, 0.4) is 0 Å². The van der Waals surface area contributed by atoms with Gasteiger partial charge in [-0.05, 0) is 18.4 Å². The molecule has 0 nitrogen and oxygen atoms in total. The second-order valence-electron chi connectivity index (χ2n) is 1.91. The summed E-state index contributed by atoms with van der Waals surface area (Å²) in [5.41, 5.74) is 1.46. The number of rotatable bonds is 3. The zero-order chi connectivity index (χ0) is 5.82. The number of hydrogen-bond acceptors (Lipinski definition) is 0. The lowest BCUT2D eigenvalue weighted by atomic mass is 10.3. The summed E-state index contributed by atoms with van der Waals surface area (Å²) in [6, 6.07) is 0. The first-order valence-corrected chi connectivity index (χ1v) is 2.90. The van der Waals surface area contributed by atoms with Gasteiger partial charge in [-0.15, -0.1) is 6.58 Å². The van der Waals surface area contributed by atoms with Crippen LogP contribution in [-0.2, 0) is 0 Å². The average Bonchev–Trinajstić information content (AvgIpc) is 2.51. The summed E-state index contributed by atoms with van der Waals surface area (Å²) in [6.45, 7) is 3.61. The monoisotopic (exact) mass is 106 g/mol. The first-order valence-electron chi connectivity index (χ1n) is 2.90. The molecule has 0 radical (unpaired) electrons. The third-order valence-electron chi connectivity index (χ3n) is 1.07. The van der Waals surface area contributed by atoms with Gasteiger partial charge in [-0.2, -0.15) is 0 Å². The Morgan fingerprint density at radius 3 is 3.00 bits per heavy atom. The zero-order valence-electron chi connectivity index (χ0n) is 4.93. The minimum absolute atomic E-state index is 0.997. The van der Waals surface area contributed by atoms with Gasteiger partial charge in [0, 0.05) is 0 Å². The van der Waals surface area contributed by atoms with Crippen molar-refractivity contribution >= 4 is 0 Å². The second kappa shape index (κ2) is 2.51. The topological polar surface area (TPSA) is 0 Å². The summed E-state index contributed by atoms with van der Waals surface area (Å²) < 4.78 is 0. The van der Waals surface area contributed by atoms with E-state index in [0.29, 0.717) is 0 Å². The summed E-state index contributed by atoms with van der Waals surface area (Å²) in [4.78, 5) is 0. The summed E-state index contributed by atoms with van der Waals surface area (Å²) in [6.07, 6.45) is 10.6. The normalized spacial score (nSPS) is 16.2. The Hall–Kier alpha value is -0.780. The molecule has 0 atom stereocenters. The van der Waals surface area contributed by atoms with Gasteiger partial charge < -0.3 is 0 Å². The van der Waals surface area contributed by atoms with Crippen molar-refractivity contribution < 1.29 is 0 Å². The molecule has 0 unspecified atom stereocenters. The molecule has 0 saturated carbocycles. The Labute approximate surface area is 50.2 Å². The minimum atomic E-state index is 0.997. The second-order valence-corrected chi connectivity index (χ2v) is 1.91. The molecule has 0 saturated heterocycles. The highest BCUT2D eigenvalue weighted by atomic mass is 14.0. The van der Waals surface area contributed by atoms with Crippen LogP contribution in [0.1, 0.15) is 12.8 Å². The molecule has 0 aromatic heterocycles. The molecule has 0 bridgehead atoms. The van der Waals surface area contributed by atoms with Gasteiger partial charge in [0.2, 0.25) is 0 Å². The van der Waals surface area contributed by atoms with E-state index in [-0.39, 0.29) is 0 Å². The van der Waals surface area contributed by atoms with Gasteiger partial charge in [-0.1, -0.05) is 24.3 Å². The van der Waals surface area contributed by atoms with E-state index in [1.165, 1.54) is 12.0 Å². The molecule has 0 aliphatic heterocycles. The Balaban J connectivity index is 2.14. The Morgan fingerprint density at radius 2 is 2.50 bits per heavy atom. The minimum Gasteiger partial charge on any atom is -0.103 e. The molecule has 0 fully saturated rings. The van der Waals surface area contributed by atoms with Gasteiger partial charge in [0.15, 0.2) is 0 Å². The maximum absolute atomic E-state index is 3.61. The summed E-state index contributed by atoms with van der Waals surface area (Å²) >= 11 is 0. The van der Waals surface area contributed by atoms with Gasteiger partial charge in [-0.3, -0.25) is 0 Å². The third-order valence-corrected chi connectivity index (χ3v) is 1.07. The van der Waals surface area contributed by atoms with Crippen LogP contribution < -0.4 is 0 Å². The molecule has 8 heavy (non-hydrogen) atoms. The van der Waals surface area contributed by atoms with Gasteiger partial charge in [-0.25, -0.2) is 0 Å². The average molecular weight is 106 g/mol. The van der Waals surface area contributed by atoms with Crippen LogP contribution in [0.25, 0.3) is 0 Å². The van der Waals surface area contributed by atoms with Crippen LogP contribution in [0.15, 0.2) is 36.5 Å². The Morgan fingerprint density at radius 1 is 1.75 bits per heavy atom. The predicted molar refractivity (Wildman–Crippen MR) is 36.7 cm³/mol. The van der Waals surface area contributed by atoms with Crippen molar-refractivity contribution in [2.24, 2.45) is 0 Å². The zero-order valence-corrected chi connectivity index (χ0v) is 4.93. The van der Waals surface area contributed by atoms with Crippen molar-refractivity contribution in [2.45, 2.75) is 12.8 Å². The molecule has 42 valence electrons. The summed E-state index contributed by atoms with van der Waals surface area (Å²) in [5.74, 6) is 0. The van der Waals surface area contributed by atoms with E-state index < -0.39 is 0 Å². The predicted octanol–water partition coefficient (Wildman–Crippen LogP) is 2.45. The van der Waals surface area contributed by atoms with Crippen LogP contribution in [0.5, 0.6) is 0 Å². The molecule has 0 amide bonds. The van der Waals surface area contributed by atoms with Crippen molar-refractivity contribution in [2.75, 3.05) is 0 Å². The fraction of sp³-hybridized carbons (Fsp3) is 0.250. The lowest BCUT2D eigenvalue weighted by Crippen LogP contribution is -1.53. The Bertz CT molecular complexity index is 138. The first-order chi connectivity index (χ1) is 3.93. The van der Waals surface area contributed by atoms with E-state index in [9.17, 15) is 0 Å². The van der Waals surface area contributed by atoms with Crippen molar-refractivity contribution in [1.82, 2.24) is 0 Å². The maximum atomic E-state index is 3.61. The van der Waals surface area contributed by atoms with E-state index in [0.717, 1.165) is 6.42 Å². The van der Waals surface area contributed by atoms with Crippen molar-refractivity contribution in [3.05, 3.63) is 36.5 Å². The van der Waals surface area contributed by atoms with E-state index in [1.54, 1.807) is 0 Å². The molecule has 0 heterocycles. The quantitative estimate of drug-likeness (QED) is 0.485. The van der Waals surface area contributed by atoms with Gasteiger partial charge in [0.1, 0.15) is 0 Å². The fourth-order valence-electron chi connectivity index (χ4n) is 0.511. The smallest absolute Gasteiger partial charge is 0.00947 e. The molecule has 0 aromatic carbocycles.